The fraction of sp³-hybridized carbons (Fsp3) is 0.200. The summed E-state index contributed by atoms with van der Waals surface area (Å²) in [7, 11) is 0. The maximum absolute atomic E-state index is 13.8. The second-order valence-corrected chi connectivity index (χ2v) is 4.38. The van der Waals surface area contributed by atoms with E-state index in [2.05, 4.69) is 27.4 Å². The maximum atomic E-state index is 13.8. The van der Waals surface area contributed by atoms with Crippen LogP contribution in [0.4, 0.5) is 4.39 Å². The zero-order valence-electron chi connectivity index (χ0n) is 11.4. The Morgan fingerprint density at radius 1 is 1.57 bits per heavy atom. The molecule has 1 amide bonds. The molecule has 0 saturated carbocycles. The van der Waals surface area contributed by atoms with E-state index in [1.54, 1.807) is 19.3 Å². The quantitative estimate of drug-likeness (QED) is 0.746. The van der Waals surface area contributed by atoms with Gasteiger partial charge in [-0.2, -0.15) is 5.10 Å². The van der Waals surface area contributed by atoms with Crippen molar-refractivity contribution < 1.29 is 14.3 Å². The molecule has 2 aromatic rings. The molecular formula is C15H14FN3O2. The van der Waals surface area contributed by atoms with Gasteiger partial charge in [0.2, 0.25) is 0 Å². The lowest BCUT2D eigenvalue weighted by Gasteiger charge is -2.12. The van der Waals surface area contributed by atoms with Gasteiger partial charge in [0.1, 0.15) is 12.4 Å². The fourth-order valence-corrected chi connectivity index (χ4v) is 1.77. The number of nitrogens with one attached hydrogen (secondary N) is 2. The highest BCUT2D eigenvalue weighted by atomic mass is 19.1. The van der Waals surface area contributed by atoms with Crippen molar-refractivity contribution >= 4 is 5.91 Å². The molecule has 6 heteroatoms. The molecule has 0 saturated heterocycles. The molecule has 1 aromatic carbocycles. The molecule has 1 aromatic heterocycles. The summed E-state index contributed by atoms with van der Waals surface area (Å²) in [4.78, 5) is 12.1. The van der Waals surface area contributed by atoms with E-state index in [1.165, 1.54) is 18.2 Å². The first-order valence-electron chi connectivity index (χ1n) is 6.30. The number of nitrogens with zero attached hydrogens (tertiary/aromatic N) is 1. The fourth-order valence-electron chi connectivity index (χ4n) is 1.77. The number of aliphatic hydroxyl groups is 1. The minimum Gasteiger partial charge on any atom is -0.384 e. The van der Waals surface area contributed by atoms with Crippen LogP contribution in [0, 0.1) is 17.7 Å². The molecule has 0 aliphatic heterocycles. The van der Waals surface area contributed by atoms with E-state index < -0.39 is 11.7 Å². The number of aromatic amines is 1. The molecule has 0 aliphatic carbocycles. The van der Waals surface area contributed by atoms with E-state index in [0.29, 0.717) is 5.56 Å². The zero-order chi connectivity index (χ0) is 15.2. The first-order valence-corrected chi connectivity index (χ1v) is 6.30. The van der Waals surface area contributed by atoms with Gasteiger partial charge in [-0.25, -0.2) is 4.39 Å². The number of amides is 1. The number of halogens is 1. The SMILES string of the molecule is CC(NC(=O)c1cc(C#CCO)ccc1F)c1cn[nH]c1. The monoisotopic (exact) mass is 287 g/mol. The van der Waals surface area contributed by atoms with Crippen molar-refractivity contribution in [1.82, 2.24) is 15.5 Å². The summed E-state index contributed by atoms with van der Waals surface area (Å²) in [5.74, 6) is 3.93. The normalized spacial score (nSPS) is 11.4. The van der Waals surface area contributed by atoms with Crippen molar-refractivity contribution in [2.24, 2.45) is 0 Å². The van der Waals surface area contributed by atoms with Crippen LogP contribution in [0.3, 0.4) is 0 Å². The van der Waals surface area contributed by atoms with E-state index >= 15 is 0 Å². The molecule has 0 aliphatic rings. The molecule has 0 radical (unpaired) electrons. The molecule has 5 nitrogen and oxygen atoms in total. The standard InChI is InChI=1S/C15H14FN3O2/c1-10(12-8-17-18-9-12)19-15(21)13-7-11(3-2-6-20)4-5-14(13)16/h4-5,7-10,20H,6H2,1H3,(H,17,18)(H,19,21). The summed E-state index contributed by atoms with van der Waals surface area (Å²) in [6, 6.07) is 3.69. The van der Waals surface area contributed by atoms with Gasteiger partial charge in [0.05, 0.1) is 17.8 Å². The van der Waals surface area contributed by atoms with Gasteiger partial charge in [-0.15, -0.1) is 0 Å². The molecular weight excluding hydrogens is 273 g/mol. The minimum absolute atomic E-state index is 0.0879. The van der Waals surface area contributed by atoms with Gasteiger partial charge in [0.15, 0.2) is 0 Å². The highest BCUT2D eigenvalue weighted by Gasteiger charge is 2.16. The summed E-state index contributed by atoms with van der Waals surface area (Å²) >= 11 is 0. The number of hydrogen-bond donors (Lipinski definition) is 3. The Morgan fingerprint density at radius 3 is 3.05 bits per heavy atom. The van der Waals surface area contributed by atoms with Crippen LogP contribution in [0.25, 0.3) is 0 Å². The van der Waals surface area contributed by atoms with Crippen LogP contribution in [0.1, 0.15) is 34.5 Å². The second kappa shape index (κ2) is 6.68. The summed E-state index contributed by atoms with van der Waals surface area (Å²) < 4.78 is 13.8. The van der Waals surface area contributed by atoms with Gasteiger partial charge in [-0.1, -0.05) is 11.8 Å². The third-order valence-electron chi connectivity index (χ3n) is 2.89. The summed E-state index contributed by atoms with van der Waals surface area (Å²) in [5, 5.41) is 17.8. The van der Waals surface area contributed by atoms with Crippen LogP contribution in [0.5, 0.6) is 0 Å². The Kier molecular flexibility index (Phi) is 4.69. The van der Waals surface area contributed by atoms with Crippen molar-refractivity contribution in [3.05, 3.63) is 53.1 Å². The van der Waals surface area contributed by atoms with Gasteiger partial charge >= 0.3 is 0 Å². The van der Waals surface area contributed by atoms with E-state index in [-0.39, 0.29) is 18.2 Å². The minimum atomic E-state index is -0.624. The van der Waals surface area contributed by atoms with E-state index in [9.17, 15) is 9.18 Å². The zero-order valence-corrected chi connectivity index (χ0v) is 11.4. The summed E-state index contributed by atoms with van der Waals surface area (Å²) in [5.41, 5.74) is 1.17. The lowest BCUT2D eigenvalue weighted by Crippen LogP contribution is -2.27. The van der Waals surface area contributed by atoms with Gasteiger partial charge in [0.25, 0.3) is 5.91 Å². The lowest BCUT2D eigenvalue weighted by molar-refractivity contribution is 0.0936. The molecule has 0 bridgehead atoms. The number of aromatic nitrogens is 2. The highest BCUT2D eigenvalue weighted by molar-refractivity contribution is 5.95. The molecule has 3 N–H and O–H groups in total. The number of carbonyl (C=O) groups is 1. The van der Waals surface area contributed by atoms with Crippen LogP contribution in [0.2, 0.25) is 0 Å². The van der Waals surface area contributed by atoms with Gasteiger partial charge in [-0.05, 0) is 25.1 Å². The van der Waals surface area contributed by atoms with Crippen LogP contribution in [-0.2, 0) is 0 Å². The highest BCUT2D eigenvalue weighted by Crippen LogP contribution is 2.14. The van der Waals surface area contributed by atoms with E-state index in [1.807, 2.05) is 0 Å². The predicted molar refractivity (Wildman–Crippen MR) is 74.8 cm³/mol. The van der Waals surface area contributed by atoms with Crippen molar-refractivity contribution in [3.63, 3.8) is 0 Å². The largest absolute Gasteiger partial charge is 0.384 e. The average molecular weight is 287 g/mol. The number of aliphatic hydroxyl groups excluding tert-OH is 1. The molecule has 0 spiro atoms. The molecule has 108 valence electrons. The number of rotatable bonds is 3. The van der Waals surface area contributed by atoms with Crippen molar-refractivity contribution in [1.29, 1.82) is 0 Å². The number of benzene rings is 1. The lowest BCUT2D eigenvalue weighted by atomic mass is 10.1. The first-order chi connectivity index (χ1) is 10.1. The van der Waals surface area contributed by atoms with Crippen molar-refractivity contribution in [3.8, 4) is 11.8 Å². The Balaban J connectivity index is 2.18. The van der Waals surface area contributed by atoms with E-state index in [0.717, 1.165) is 5.56 Å². The first kappa shape index (κ1) is 14.8. The average Bonchev–Trinajstić information content (AvgIpc) is 3.00. The van der Waals surface area contributed by atoms with Crippen LogP contribution in [0.15, 0.2) is 30.6 Å². The van der Waals surface area contributed by atoms with E-state index in [4.69, 9.17) is 5.11 Å². The third-order valence-corrected chi connectivity index (χ3v) is 2.89. The molecule has 21 heavy (non-hydrogen) atoms. The van der Waals surface area contributed by atoms with Crippen LogP contribution in [-0.4, -0.2) is 27.8 Å². The summed E-state index contributed by atoms with van der Waals surface area (Å²) in [6.45, 7) is 1.48. The van der Waals surface area contributed by atoms with Crippen molar-refractivity contribution in [2.45, 2.75) is 13.0 Å². The second-order valence-electron chi connectivity index (χ2n) is 4.38. The Morgan fingerprint density at radius 2 is 2.38 bits per heavy atom. The molecule has 0 fully saturated rings. The maximum Gasteiger partial charge on any atom is 0.254 e. The number of hydrogen-bond acceptors (Lipinski definition) is 3. The summed E-state index contributed by atoms with van der Waals surface area (Å²) in [6.07, 6.45) is 3.24. The van der Waals surface area contributed by atoms with Crippen molar-refractivity contribution in [2.75, 3.05) is 6.61 Å². The molecule has 1 unspecified atom stereocenters. The predicted octanol–water partition coefficient (Wildman–Crippen LogP) is 1.38. The molecule has 2 rings (SSSR count). The topological polar surface area (TPSA) is 78.0 Å². The Bertz CT molecular complexity index is 687. The number of carbonyl (C=O) groups excluding carboxylic acids is 1. The third kappa shape index (κ3) is 3.68. The van der Waals surface area contributed by atoms with Gasteiger partial charge < -0.3 is 10.4 Å². The molecule has 1 heterocycles. The van der Waals surface area contributed by atoms with Gasteiger partial charge in [0, 0.05) is 17.3 Å². The smallest absolute Gasteiger partial charge is 0.254 e. The molecule has 1 atom stereocenters. The van der Waals surface area contributed by atoms with Gasteiger partial charge in [-0.3, -0.25) is 9.89 Å². The number of H-pyrrole nitrogens is 1. The Labute approximate surface area is 121 Å². The van der Waals surface area contributed by atoms with Crippen LogP contribution >= 0.6 is 0 Å². The van der Waals surface area contributed by atoms with Crippen LogP contribution < -0.4 is 5.32 Å². The Hall–Kier alpha value is -2.65.